The smallest absolute Gasteiger partial charge is 0.307 e. The standard InChI is InChI=1S/C6H13N2O3P/c1-3-10-12(9,11-4-2)6(8)5-7/h6H,3-4,8H2,1-2H3/t6-/m0/s1. The molecule has 0 saturated heterocycles. The molecule has 0 fully saturated rings. The summed E-state index contributed by atoms with van der Waals surface area (Å²) in [5, 5.41) is 8.42. The molecule has 0 saturated carbocycles. The highest BCUT2D eigenvalue weighted by molar-refractivity contribution is 7.54. The van der Waals surface area contributed by atoms with Crippen molar-refractivity contribution in [1.82, 2.24) is 0 Å². The van der Waals surface area contributed by atoms with E-state index < -0.39 is 13.4 Å². The Morgan fingerprint density at radius 1 is 1.50 bits per heavy atom. The van der Waals surface area contributed by atoms with Gasteiger partial charge in [0.15, 0.2) is 5.78 Å². The van der Waals surface area contributed by atoms with Crippen molar-refractivity contribution in [2.75, 3.05) is 13.2 Å². The highest BCUT2D eigenvalue weighted by Crippen LogP contribution is 2.50. The fraction of sp³-hybridized carbons (Fsp3) is 0.833. The molecule has 0 rings (SSSR count). The van der Waals surface area contributed by atoms with Gasteiger partial charge < -0.3 is 14.8 Å². The van der Waals surface area contributed by atoms with Crippen LogP contribution in [0.25, 0.3) is 0 Å². The molecule has 0 amide bonds. The Labute approximate surface area is 72.0 Å². The summed E-state index contributed by atoms with van der Waals surface area (Å²) in [5.74, 6) is -1.20. The van der Waals surface area contributed by atoms with Crippen molar-refractivity contribution in [3.63, 3.8) is 0 Å². The van der Waals surface area contributed by atoms with Gasteiger partial charge in [-0.15, -0.1) is 0 Å². The van der Waals surface area contributed by atoms with Crippen LogP contribution in [0, 0.1) is 11.3 Å². The molecule has 0 unspecified atom stereocenters. The molecule has 12 heavy (non-hydrogen) atoms. The number of nitriles is 1. The molecule has 0 radical (unpaired) electrons. The highest BCUT2D eigenvalue weighted by atomic mass is 31.2. The van der Waals surface area contributed by atoms with Crippen LogP contribution in [0.2, 0.25) is 0 Å². The first-order valence-electron chi connectivity index (χ1n) is 3.64. The van der Waals surface area contributed by atoms with E-state index in [0.29, 0.717) is 0 Å². The van der Waals surface area contributed by atoms with Gasteiger partial charge in [-0.3, -0.25) is 4.57 Å². The van der Waals surface area contributed by atoms with Gasteiger partial charge in [0.1, 0.15) is 0 Å². The van der Waals surface area contributed by atoms with Gasteiger partial charge in [0, 0.05) is 0 Å². The molecule has 70 valence electrons. The summed E-state index contributed by atoms with van der Waals surface area (Å²) in [7, 11) is -3.39. The van der Waals surface area contributed by atoms with E-state index in [4.69, 9.17) is 20.0 Å². The molecular weight excluding hydrogens is 179 g/mol. The molecular formula is C6H13N2O3P. The van der Waals surface area contributed by atoms with Crippen LogP contribution in [-0.2, 0) is 13.6 Å². The molecule has 0 aromatic rings. The van der Waals surface area contributed by atoms with Crippen molar-refractivity contribution >= 4 is 7.60 Å². The third kappa shape index (κ3) is 2.92. The lowest BCUT2D eigenvalue weighted by Gasteiger charge is -2.17. The summed E-state index contributed by atoms with van der Waals surface area (Å²) < 4.78 is 21.2. The number of rotatable bonds is 5. The average molecular weight is 192 g/mol. The van der Waals surface area contributed by atoms with E-state index in [1.807, 2.05) is 0 Å². The lowest BCUT2D eigenvalue weighted by atomic mass is 10.8. The summed E-state index contributed by atoms with van der Waals surface area (Å²) in [5.41, 5.74) is 5.25. The van der Waals surface area contributed by atoms with E-state index in [1.54, 1.807) is 19.9 Å². The minimum atomic E-state index is -3.39. The van der Waals surface area contributed by atoms with E-state index in [2.05, 4.69) is 0 Å². The quantitative estimate of drug-likeness (QED) is 0.658. The summed E-state index contributed by atoms with van der Waals surface area (Å²) in [4.78, 5) is 0. The minimum absolute atomic E-state index is 0.215. The zero-order valence-electron chi connectivity index (χ0n) is 7.19. The maximum atomic E-state index is 11.6. The van der Waals surface area contributed by atoms with Crippen LogP contribution in [0.4, 0.5) is 0 Å². The summed E-state index contributed by atoms with van der Waals surface area (Å²) >= 11 is 0. The second-order valence-electron chi connectivity index (χ2n) is 1.95. The molecule has 0 aromatic carbocycles. The normalized spacial score (nSPS) is 13.8. The largest absolute Gasteiger partial charge is 0.361 e. The van der Waals surface area contributed by atoms with Crippen molar-refractivity contribution in [3.05, 3.63) is 0 Å². The summed E-state index contributed by atoms with van der Waals surface area (Å²) in [6.45, 7) is 3.75. The Balaban J connectivity index is 4.40. The topological polar surface area (TPSA) is 85.3 Å². The number of hydrogen-bond acceptors (Lipinski definition) is 5. The van der Waals surface area contributed by atoms with Crippen LogP contribution in [0.15, 0.2) is 0 Å². The fourth-order valence-corrected chi connectivity index (χ4v) is 1.89. The highest BCUT2D eigenvalue weighted by Gasteiger charge is 2.32. The van der Waals surface area contributed by atoms with E-state index in [1.165, 1.54) is 0 Å². The molecule has 0 aliphatic rings. The maximum Gasteiger partial charge on any atom is 0.361 e. The van der Waals surface area contributed by atoms with E-state index in [-0.39, 0.29) is 13.2 Å². The van der Waals surface area contributed by atoms with Crippen molar-refractivity contribution < 1.29 is 13.6 Å². The van der Waals surface area contributed by atoms with Gasteiger partial charge in [-0.2, -0.15) is 5.26 Å². The SMILES string of the molecule is CCOP(=O)(OCC)[C@H](N)C#N. The van der Waals surface area contributed by atoms with E-state index in [0.717, 1.165) is 0 Å². The van der Waals surface area contributed by atoms with Crippen LogP contribution in [0.3, 0.4) is 0 Å². The fourth-order valence-electron chi connectivity index (χ4n) is 0.628. The van der Waals surface area contributed by atoms with Crippen molar-refractivity contribution in [3.8, 4) is 6.07 Å². The molecule has 1 atom stereocenters. The molecule has 0 aliphatic heterocycles. The van der Waals surface area contributed by atoms with E-state index in [9.17, 15) is 4.57 Å². The Bertz CT molecular complexity index is 203. The predicted octanol–water partition coefficient (Wildman–Crippen LogP) is 1.06. The zero-order chi connectivity index (χ0) is 9.61. The number of nitrogens with zero attached hydrogens (tertiary/aromatic N) is 1. The monoisotopic (exact) mass is 192 g/mol. The first-order valence-corrected chi connectivity index (χ1v) is 5.25. The van der Waals surface area contributed by atoms with Gasteiger partial charge in [0.05, 0.1) is 19.3 Å². The van der Waals surface area contributed by atoms with Crippen LogP contribution in [0.5, 0.6) is 0 Å². The molecule has 0 aromatic heterocycles. The molecule has 0 bridgehead atoms. The van der Waals surface area contributed by atoms with Crippen LogP contribution in [0.1, 0.15) is 13.8 Å². The second kappa shape index (κ2) is 5.28. The Morgan fingerprint density at radius 3 is 2.17 bits per heavy atom. The van der Waals surface area contributed by atoms with Crippen LogP contribution in [-0.4, -0.2) is 19.0 Å². The van der Waals surface area contributed by atoms with Gasteiger partial charge >= 0.3 is 7.60 Å². The lowest BCUT2D eigenvalue weighted by Crippen LogP contribution is -2.20. The minimum Gasteiger partial charge on any atom is -0.307 e. The third-order valence-electron chi connectivity index (χ3n) is 1.09. The van der Waals surface area contributed by atoms with Gasteiger partial charge in [-0.05, 0) is 13.8 Å². The molecule has 6 heteroatoms. The summed E-state index contributed by atoms with van der Waals surface area (Å²) in [6, 6.07) is 1.64. The van der Waals surface area contributed by atoms with E-state index >= 15 is 0 Å². The molecule has 2 N–H and O–H groups in total. The lowest BCUT2D eigenvalue weighted by molar-refractivity contribution is 0.216. The molecule has 0 heterocycles. The summed E-state index contributed by atoms with van der Waals surface area (Å²) in [6.07, 6.45) is 0. The van der Waals surface area contributed by atoms with Crippen molar-refractivity contribution in [1.29, 1.82) is 5.26 Å². The van der Waals surface area contributed by atoms with Crippen molar-refractivity contribution in [2.24, 2.45) is 5.73 Å². The predicted molar refractivity (Wildman–Crippen MR) is 44.4 cm³/mol. The average Bonchev–Trinajstić information content (AvgIpc) is 2.04. The maximum absolute atomic E-state index is 11.6. The second-order valence-corrected chi connectivity index (χ2v) is 4.10. The first-order chi connectivity index (χ1) is 5.60. The van der Waals surface area contributed by atoms with Gasteiger partial charge in [-0.25, -0.2) is 0 Å². The zero-order valence-corrected chi connectivity index (χ0v) is 8.08. The van der Waals surface area contributed by atoms with Gasteiger partial charge in [0.2, 0.25) is 0 Å². The molecule has 0 aliphatic carbocycles. The number of nitrogens with two attached hydrogens (primary N) is 1. The number of hydrogen-bond donors (Lipinski definition) is 1. The molecule has 0 spiro atoms. The molecule has 5 nitrogen and oxygen atoms in total. The third-order valence-corrected chi connectivity index (χ3v) is 3.12. The van der Waals surface area contributed by atoms with Crippen molar-refractivity contribution in [2.45, 2.75) is 19.6 Å². The Hall–Kier alpha value is -0.400. The van der Waals surface area contributed by atoms with Gasteiger partial charge in [0.25, 0.3) is 0 Å². The first kappa shape index (κ1) is 11.6. The Kier molecular flexibility index (Phi) is 5.11. The Morgan fingerprint density at radius 2 is 1.92 bits per heavy atom. The van der Waals surface area contributed by atoms with Crippen LogP contribution < -0.4 is 5.73 Å². The van der Waals surface area contributed by atoms with Crippen LogP contribution >= 0.6 is 7.60 Å². The van der Waals surface area contributed by atoms with Gasteiger partial charge in [-0.1, -0.05) is 0 Å².